The number of nitrogens with zero attached hydrogens (tertiary/aromatic N) is 3. The van der Waals surface area contributed by atoms with E-state index >= 15 is 0 Å². The number of halogens is 2. The van der Waals surface area contributed by atoms with Crippen molar-refractivity contribution in [2.24, 2.45) is 0 Å². The van der Waals surface area contributed by atoms with E-state index in [1.54, 1.807) is 25.3 Å². The van der Waals surface area contributed by atoms with Gasteiger partial charge >= 0.3 is 0 Å². The standard InChI is InChI=1S/C17H16ClFN4O2S/c1-3-23-15(14-5-4-8-25-14)21-22-17(23)26-10(2)16(24)20-13-7-6-11(18)9-12(13)19/h4-10H,3H2,1-2H3,(H,20,24). The van der Waals surface area contributed by atoms with E-state index in [1.807, 2.05) is 11.5 Å². The number of hydrogen-bond donors (Lipinski definition) is 1. The number of carbonyl (C=O) groups is 1. The average molecular weight is 395 g/mol. The van der Waals surface area contributed by atoms with Crippen LogP contribution in [0.5, 0.6) is 0 Å². The summed E-state index contributed by atoms with van der Waals surface area (Å²) in [4.78, 5) is 12.4. The Bertz CT molecular complexity index is 914. The molecule has 0 spiro atoms. The number of hydrogen-bond acceptors (Lipinski definition) is 5. The Morgan fingerprint density at radius 1 is 1.42 bits per heavy atom. The number of nitrogens with one attached hydrogen (secondary N) is 1. The molecule has 0 aliphatic carbocycles. The number of benzene rings is 1. The summed E-state index contributed by atoms with van der Waals surface area (Å²) in [6.45, 7) is 4.29. The fraction of sp³-hybridized carbons (Fsp3) is 0.235. The van der Waals surface area contributed by atoms with Crippen molar-refractivity contribution in [1.29, 1.82) is 0 Å². The van der Waals surface area contributed by atoms with Crippen LogP contribution in [0.1, 0.15) is 13.8 Å². The summed E-state index contributed by atoms with van der Waals surface area (Å²) >= 11 is 6.96. The van der Waals surface area contributed by atoms with Crippen LogP contribution >= 0.6 is 23.4 Å². The second-order valence-corrected chi connectivity index (χ2v) is 7.15. The lowest BCUT2D eigenvalue weighted by molar-refractivity contribution is -0.115. The van der Waals surface area contributed by atoms with Crippen LogP contribution in [0.3, 0.4) is 0 Å². The normalized spacial score (nSPS) is 12.2. The van der Waals surface area contributed by atoms with Crippen LogP contribution in [0.15, 0.2) is 46.2 Å². The molecule has 0 saturated heterocycles. The molecule has 26 heavy (non-hydrogen) atoms. The van der Waals surface area contributed by atoms with Crippen molar-refractivity contribution in [2.45, 2.75) is 30.8 Å². The second-order valence-electron chi connectivity index (χ2n) is 5.40. The number of amides is 1. The van der Waals surface area contributed by atoms with Crippen molar-refractivity contribution in [3.63, 3.8) is 0 Å². The fourth-order valence-electron chi connectivity index (χ4n) is 2.29. The third-order valence-electron chi connectivity index (χ3n) is 3.62. The lowest BCUT2D eigenvalue weighted by Crippen LogP contribution is -2.23. The van der Waals surface area contributed by atoms with Gasteiger partial charge in [-0.05, 0) is 44.2 Å². The maximum Gasteiger partial charge on any atom is 0.237 e. The molecule has 3 rings (SSSR count). The van der Waals surface area contributed by atoms with Crippen molar-refractivity contribution < 1.29 is 13.6 Å². The van der Waals surface area contributed by atoms with Crippen LogP contribution in [0, 0.1) is 5.82 Å². The highest BCUT2D eigenvalue weighted by Crippen LogP contribution is 2.28. The Morgan fingerprint density at radius 2 is 2.23 bits per heavy atom. The van der Waals surface area contributed by atoms with Gasteiger partial charge in [0, 0.05) is 11.6 Å². The minimum Gasteiger partial charge on any atom is -0.461 e. The highest BCUT2D eigenvalue weighted by molar-refractivity contribution is 8.00. The van der Waals surface area contributed by atoms with Crippen LogP contribution < -0.4 is 5.32 Å². The summed E-state index contributed by atoms with van der Waals surface area (Å²) in [7, 11) is 0. The Kier molecular flexibility index (Phi) is 5.63. The topological polar surface area (TPSA) is 73.0 Å². The molecule has 6 nitrogen and oxygen atoms in total. The van der Waals surface area contributed by atoms with E-state index in [4.69, 9.17) is 16.0 Å². The molecular formula is C17H16ClFN4O2S. The van der Waals surface area contributed by atoms with Crippen molar-refractivity contribution >= 4 is 35.0 Å². The van der Waals surface area contributed by atoms with Gasteiger partial charge in [0.25, 0.3) is 0 Å². The summed E-state index contributed by atoms with van der Waals surface area (Å²) < 4.78 is 21.1. The van der Waals surface area contributed by atoms with Gasteiger partial charge in [0.1, 0.15) is 5.82 Å². The molecule has 0 radical (unpaired) electrons. The van der Waals surface area contributed by atoms with E-state index in [2.05, 4.69) is 15.5 Å². The van der Waals surface area contributed by atoms with Crippen molar-refractivity contribution in [1.82, 2.24) is 14.8 Å². The molecule has 1 atom stereocenters. The third-order valence-corrected chi connectivity index (χ3v) is 4.93. The van der Waals surface area contributed by atoms with E-state index in [0.29, 0.717) is 23.3 Å². The van der Waals surface area contributed by atoms with E-state index < -0.39 is 11.1 Å². The number of carbonyl (C=O) groups excluding carboxylic acids is 1. The maximum atomic E-state index is 13.8. The van der Waals surface area contributed by atoms with E-state index in [1.165, 1.54) is 23.9 Å². The zero-order valence-electron chi connectivity index (χ0n) is 14.1. The van der Waals surface area contributed by atoms with Gasteiger partial charge in [-0.15, -0.1) is 10.2 Å². The highest BCUT2D eigenvalue weighted by Gasteiger charge is 2.22. The predicted molar refractivity (Wildman–Crippen MR) is 98.8 cm³/mol. The number of anilines is 1. The first-order chi connectivity index (χ1) is 12.5. The first-order valence-corrected chi connectivity index (χ1v) is 9.15. The molecule has 3 aromatic rings. The minimum atomic E-state index is -0.583. The monoisotopic (exact) mass is 394 g/mol. The molecule has 0 aliphatic rings. The molecule has 2 heterocycles. The molecule has 0 saturated carbocycles. The Balaban J connectivity index is 1.73. The molecule has 0 fully saturated rings. The number of furan rings is 1. The van der Waals surface area contributed by atoms with Gasteiger partial charge in [-0.25, -0.2) is 4.39 Å². The highest BCUT2D eigenvalue weighted by atomic mass is 35.5. The van der Waals surface area contributed by atoms with Crippen LogP contribution in [0.2, 0.25) is 5.02 Å². The van der Waals surface area contributed by atoms with Crippen LogP contribution in [-0.2, 0) is 11.3 Å². The molecule has 1 unspecified atom stereocenters. The zero-order chi connectivity index (χ0) is 18.7. The summed E-state index contributed by atoms with van der Waals surface area (Å²) in [5, 5.41) is 11.2. The lowest BCUT2D eigenvalue weighted by Gasteiger charge is -2.13. The smallest absolute Gasteiger partial charge is 0.237 e. The van der Waals surface area contributed by atoms with Crippen molar-refractivity contribution in [3.8, 4) is 11.6 Å². The van der Waals surface area contributed by atoms with Gasteiger partial charge in [0.15, 0.2) is 16.7 Å². The van der Waals surface area contributed by atoms with Crippen molar-refractivity contribution in [3.05, 3.63) is 47.4 Å². The molecule has 1 aromatic carbocycles. The average Bonchev–Trinajstić information content (AvgIpc) is 3.26. The maximum absolute atomic E-state index is 13.8. The first kappa shape index (κ1) is 18.5. The Morgan fingerprint density at radius 3 is 2.88 bits per heavy atom. The van der Waals surface area contributed by atoms with Crippen molar-refractivity contribution in [2.75, 3.05) is 5.32 Å². The van der Waals surface area contributed by atoms with Gasteiger partial charge in [-0.1, -0.05) is 23.4 Å². The number of aromatic nitrogens is 3. The van der Waals surface area contributed by atoms with Gasteiger partial charge in [-0.3, -0.25) is 9.36 Å². The summed E-state index contributed by atoms with van der Waals surface area (Å²) in [5.74, 6) is 0.268. The summed E-state index contributed by atoms with van der Waals surface area (Å²) in [6.07, 6.45) is 1.56. The third kappa shape index (κ3) is 3.91. The van der Waals surface area contributed by atoms with Gasteiger partial charge < -0.3 is 9.73 Å². The van der Waals surface area contributed by atoms with E-state index in [9.17, 15) is 9.18 Å². The molecule has 1 amide bonds. The molecule has 2 aromatic heterocycles. The predicted octanol–water partition coefficient (Wildman–Crippen LogP) is 4.47. The number of rotatable bonds is 6. The van der Waals surface area contributed by atoms with Gasteiger partial charge in [-0.2, -0.15) is 0 Å². The molecule has 1 N–H and O–H groups in total. The van der Waals surface area contributed by atoms with Crippen LogP contribution in [0.25, 0.3) is 11.6 Å². The molecule has 9 heteroatoms. The lowest BCUT2D eigenvalue weighted by atomic mass is 10.3. The second kappa shape index (κ2) is 7.92. The van der Waals surface area contributed by atoms with E-state index in [-0.39, 0.29) is 16.6 Å². The SMILES string of the molecule is CCn1c(SC(C)C(=O)Nc2ccc(Cl)cc2F)nnc1-c1ccco1. The fourth-order valence-corrected chi connectivity index (χ4v) is 3.36. The quantitative estimate of drug-likeness (QED) is 0.624. The Hall–Kier alpha value is -2.32. The Labute approximate surface area is 158 Å². The van der Waals surface area contributed by atoms with E-state index in [0.717, 1.165) is 6.07 Å². The zero-order valence-corrected chi connectivity index (χ0v) is 15.6. The molecular weight excluding hydrogens is 379 g/mol. The van der Waals surface area contributed by atoms with Crippen LogP contribution in [-0.4, -0.2) is 25.9 Å². The summed E-state index contributed by atoms with van der Waals surface area (Å²) in [5.41, 5.74) is 0.0834. The molecule has 0 aliphatic heterocycles. The largest absolute Gasteiger partial charge is 0.461 e. The first-order valence-electron chi connectivity index (χ1n) is 7.89. The molecule has 0 bridgehead atoms. The molecule has 136 valence electrons. The van der Waals surface area contributed by atoms with Gasteiger partial charge in [0.2, 0.25) is 5.91 Å². The van der Waals surface area contributed by atoms with Gasteiger partial charge in [0.05, 0.1) is 17.2 Å². The summed E-state index contributed by atoms with van der Waals surface area (Å²) in [6, 6.07) is 7.66. The number of thioether (sulfide) groups is 1. The van der Waals surface area contributed by atoms with Crippen LogP contribution in [0.4, 0.5) is 10.1 Å². The minimum absolute atomic E-state index is 0.0834.